The number of aromatic nitrogens is 2. The van der Waals surface area contributed by atoms with Crippen molar-refractivity contribution in [1.29, 1.82) is 0 Å². The van der Waals surface area contributed by atoms with E-state index in [9.17, 15) is 9.59 Å². The van der Waals surface area contributed by atoms with Gasteiger partial charge in [0.1, 0.15) is 0 Å². The molecular formula is C19H24N4O3. The van der Waals surface area contributed by atoms with Gasteiger partial charge in [0, 0.05) is 37.5 Å². The summed E-state index contributed by atoms with van der Waals surface area (Å²) < 4.78 is 5.05. The van der Waals surface area contributed by atoms with E-state index in [1.807, 2.05) is 35.2 Å². The number of carbonyl (C=O) groups excluding carboxylic acids is 2. The lowest BCUT2D eigenvalue weighted by molar-refractivity contribution is -0.134. The lowest BCUT2D eigenvalue weighted by Gasteiger charge is -2.31. The van der Waals surface area contributed by atoms with Crippen LogP contribution in [0.15, 0.2) is 34.9 Å². The molecule has 0 bridgehead atoms. The Balaban J connectivity index is 1.38. The first-order valence-corrected chi connectivity index (χ1v) is 9.04. The van der Waals surface area contributed by atoms with Gasteiger partial charge < -0.3 is 14.7 Å². The highest BCUT2D eigenvalue weighted by atomic mass is 16.5. The maximum Gasteiger partial charge on any atom is 0.227 e. The molecule has 138 valence electrons. The lowest BCUT2D eigenvalue weighted by Crippen LogP contribution is -2.41. The number of anilines is 1. The van der Waals surface area contributed by atoms with Crippen LogP contribution >= 0.6 is 0 Å². The van der Waals surface area contributed by atoms with E-state index in [2.05, 4.69) is 15.5 Å². The second-order valence-corrected chi connectivity index (χ2v) is 6.60. The van der Waals surface area contributed by atoms with E-state index in [0.29, 0.717) is 56.9 Å². The van der Waals surface area contributed by atoms with Crippen molar-refractivity contribution >= 4 is 17.5 Å². The zero-order valence-electron chi connectivity index (χ0n) is 15.0. The highest BCUT2D eigenvalue weighted by Gasteiger charge is 2.27. The van der Waals surface area contributed by atoms with Crippen molar-refractivity contribution in [3.05, 3.63) is 42.0 Å². The molecule has 0 radical (unpaired) electrons. The van der Waals surface area contributed by atoms with Gasteiger partial charge in [0.25, 0.3) is 0 Å². The molecule has 7 heteroatoms. The van der Waals surface area contributed by atoms with Crippen LogP contribution in [-0.2, 0) is 16.0 Å². The Morgan fingerprint density at radius 3 is 2.62 bits per heavy atom. The molecule has 1 aromatic heterocycles. The first-order chi connectivity index (χ1) is 12.6. The third-order valence-electron chi connectivity index (χ3n) is 4.61. The second kappa shape index (κ2) is 8.60. The van der Waals surface area contributed by atoms with Gasteiger partial charge in [-0.25, -0.2) is 0 Å². The van der Waals surface area contributed by atoms with E-state index < -0.39 is 0 Å². The van der Waals surface area contributed by atoms with Gasteiger partial charge in [-0.2, -0.15) is 4.98 Å². The van der Waals surface area contributed by atoms with Gasteiger partial charge >= 0.3 is 0 Å². The Hall–Kier alpha value is -2.70. The van der Waals surface area contributed by atoms with Crippen LogP contribution in [0, 0.1) is 12.8 Å². The number of benzene rings is 1. The molecule has 0 atom stereocenters. The third-order valence-corrected chi connectivity index (χ3v) is 4.61. The highest BCUT2D eigenvalue weighted by molar-refractivity contribution is 5.92. The number of amides is 2. The molecule has 1 saturated heterocycles. The van der Waals surface area contributed by atoms with E-state index in [0.717, 1.165) is 5.69 Å². The van der Waals surface area contributed by atoms with Crippen LogP contribution in [0.5, 0.6) is 0 Å². The van der Waals surface area contributed by atoms with E-state index in [1.165, 1.54) is 0 Å². The van der Waals surface area contributed by atoms with Gasteiger partial charge in [-0.05, 0) is 38.3 Å². The number of piperidine rings is 1. The Kier molecular flexibility index (Phi) is 5.99. The van der Waals surface area contributed by atoms with E-state index >= 15 is 0 Å². The van der Waals surface area contributed by atoms with Crippen molar-refractivity contribution in [3.8, 4) is 0 Å². The first-order valence-electron chi connectivity index (χ1n) is 9.04. The molecule has 2 aromatic rings. The summed E-state index contributed by atoms with van der Waals surface area (Å²) in [6.45, 7) is 3.03. The normalized spacial score (nSPS) is 15.0. The molecule has 7 nitrogen and oxygen atoms in total. The molecule has 1 aliphatic rings. The third kappa shape index (κ3) is 4.91. The summed E-state index contributed by atoms with van der Waals surface area (Å²) in [4.78, 5) is 30.6. The number of nitrogens with one attached hydrogen (secondary N) is 1. The average molecular weight is 356 g/mol. The summed E-state index contributed by atoms with van der Waals surface area (Å²) in [6, 6.07) is 9.46. The van der Waals surface area contributed by atoms with Crippen molar-refractivity contribution in [2.45, 2.75) is 39.0 Å². The van der Waals surface area contributed by atoms with Crippen LogP contribution < -0.4 is 5.32 Å². The minimum absolute atomic E-state index is 0.0371. The molecule has 0 saturated carbocycles. The average Bonchev–Trinajstić information content (AvgIpc) is 3.08. The predicted molar refractivity (Wildman–Crippen MR) is 96.3 cm³/mol. The molecule has 26 heavy (non-hydrogen) atoms. The fraction of sp³-hybridized carbons (Fsp3) is 0.474. The quantitative estimate of drug-likeness (QED) is 0.859. The van der Waals surface area contributed by atoms with Crippen LogP contribution in [-0.4, -0.2) is 39.9 Å². The first kappa shape index (κ1) is 18.1. The molecule has 1 aliphatic heterocycles. The smallest absolute Gasteiger partial charge is 0.227 e. The van der Waals surface area contributed by atoms with E-state index in [1.54, 1.807) is 6.92 Å². The van der Waals surface area contributed by atoms with Gasteiger partial charge in [0.05, 0.1) is 0 Å². The molecule has 1 N–H and O–H groups in total. The zero-order valence-corrected chi connectivity index (χ0v) is 15.0. The Morgan fingerprint density at radius 1 is 1.23 bits per heavy atom. The fourth-order valence-corrected chi connectivity index (χ4v) is 3.15. The molecule has 1 aromatic carbocycles. The molecule has 0 aliphatic carbocycles. The number of hydrogen-bond acceptors (Lipinski definition) is 5. The SMILES string of the molecule is Cc1noc(CCCC(=O)N2CCC(C(=O)Nc3ccccc3)CC2)n1. The summed E-state index contributed by atoms with van der Waals surface area (Å²) in [7, 11) is 0. The number of likely N-dealkylation sites (tertiary alicyclic amines) is 1. The molecule has 2 amide bonds. The number of carbonyl (C=O) groups is 2. The van der Waals surface area contributed by atoms with E-state index in [-0.39, 0.29) is 17.7 Å². The topological polar surface area (TPSA) is 88.3 Å². The summed E-state index contributed by atoms with van der Waals surface area (Å²) in [5.41, 5.74) is 0.812. The van der Waals surface area contributed by atoms with Crippen LogP contribution in [0.1, 0.15) is 37.4 Å². The summed E-state index contributed by atoms with van der Waals surface area (Å²) in [5, 5.41) is 6.68. The molecular weight excluding hydrogens is 332 g/mol. The Labute approximate surface area is 152 Å². The lowest BCUT2D eigenvalue weighted by atomic mass is 9.95. The van der Waals surface area contributed by atoms with Crippen molar-refractivity contribution < 1.29 is 14.1 Å². The number of rotatable bonds is 6. The molecule has 0 spiro atoms. The second-order valence-electron chi connectivity index (χ2n) is 6.60. The molecule has 0 unspecified atom stereocenters. The molecule has 2 heterocycles. The monoisotopic (exact) mass is 356 g/mol. The Morgan fingerprint density at radius 2 is 1.96 bits per heavy atom. The van der Waals surface area contributed by atoms with Crippen LogP contribution in [0.3, 0.4) is 0 Å². The molecule has 3 rings (SSSR count). The van der Waals surface area contributed by atoms with Crippen LogP contribution in [0.4, 0.5) is 5.69 Å². The fourth-order valence-electron chi connectivity index (χ4n) is 3.15. The van der Waals surface area contributed by atoms with Crippen molar-refractivity contribution in [2.75, 3.05) is 18.4 Å². The van der Waals surface area contributed by atoms with Gasteiger partial charge in [-0.1, -0.05) is 23.4 Å². The van der Waals surface area contributed by atoms with Crippen LogP contribution in [0.2, 0.25) is 0 Å². The predicted octanol–water partition coefficient (Wildman–Crippen LogP) is 2.58. The highest BCUT2D eigenvalue weighted by Crippen LogP contribution is 2.20. The summed E-state index contributed by atoms with van der Waals surface area (Å²) in [6.07, 6.45) is 3.17. The molecule has 1 fully saturated rings. The van der Waals surface area contributed by atoms with Crippen LogP contribution in [0.25, 0.3) is 0 Å². The van der Waals surface area contributed by atoms with Crippen molar-refractivity contribution in [1.82, 2.24) is 15.0 Å². The maximum atomic E-state index is 12.3. The standard InChI is InChI=1S/C19H24N4O3/c1-14-20-17(26-22-14)8-5-9-18(24)23-12-10-15(11-13-23)19(25)21-16-6-3-2-4-7-16/h2-4,6-7,15H,5,8-13H2,1H3,(H,21,25). The minimum Gasteiger partial charge on any atom is -0.343 e. The minimum atomic E-state index is -0.0411. The number of para-hydroxylation sites is 1. The zero-order chi connectivity index (χ0) is 18.4. The van der Waals surface area contributed by atoms with Gasteiger partial charge in [0.2, 0.25) is 17.7 Å². The van der Waals surface area contributed by atoms with Crippen molar-refractivity contribution in [2.24, 2.45) is 5.92 Å². The van der Waals surface area contributed by atoms with E-state index in [4.69, 9.17) is 4.52 Å². The summed E-state index contributed by atoms with van der Waals surface area (Å²) >= 11 is 0. The summed E-state index contributed by atoms with van der Waals surface area (Å²) in [5.74, 6) is 1.31. The van der Waals surface area contributed by atoms with Crippen molar-refractivity contribution in [3.63, 3.8) is 0 Å². The van der Waals surface area contributed by atoms with Gasteiger partial charge in [-0.15, -0.1) is 0 Å². The number of hydrogen-bond donors (Lipinski definition) is 1. The Bertz CT molecular complexity index is 736. The van der Waals surface area contributed by atoms with Gasteiger partial charge in [0.15, 0.2) is 5.82 Å². The largest absolute Gasteiger partial charge is 0.343 e. The number of nitrogens with zero attached hydrogens (tertiary/aromatic N) is 3. The number of aryl methyl sites for hydroxylation is 2. The maximum absolute atomic E-state index is 12.3. The van der Waals surface area contributed by atoms with Gasteiger partial charge in [-0.3, -0.25) is 9.59 Å².